The van der Waals surface area contributed by atoms with Gasteiger partial charge in [0.1, 0.15) is 5.75 Å². The number of hydrogen-bond donors (Lipinski definition) is 3. The maximum atomic E-state index is 11.2. The van der Waals surface area contributed by atoms with E-state index in [0.29, 0.717) is 16.7 Å². The molecule has 21 heavy (non-hydrogen) atoms. The third kappa shape index (κ3) is 6.05. The number of hydrogen-bond acceptors (Lipinski definition) is 2. The van der Waals surface area contributed by atoms with Crippen molar-refractivity contribution >= 4 is 37.2 Å². The van der Waals surface area contributed by atoms with Crippen LogP contribution in [0, 0.1) is 0 Å². The molecule has 0 saturated heterocycles. The van der Waals surface area contributed by atoms with Crippen LogP contribution in [0.25, 0.3) is 0 Å². The molecule has 0 aliphatic heterocycles. The van der Waals surface area contributed by atoms with Crippen molar-refractivity contribution in [1.82, 2.24) is 0 Å². The summed E-state index contributed by atoms with van der Waals surface area (Å²) in [5, 5.41) is 10.5. The van der Waals surface area contributed by atoms with Crippen LogP contribution in [-0.2, 0) is 21.6 Å². The first-order chi connectivity index (χ1) is 8.72. The molecule has 0 heterocycles. The Morgan fingerprint density at radius 3 is 1.52 bits per heavy atom. The van der Waals surface area contributed by atoms with Crippen LogP contribution in [0.5, 0.6) is 5.75 Å². The minimum absolute atomic E-state index is 0. The third-order valence-electron chi connectivity index (χ3n) is 3.17. The van der Waals surface area contributed by atoms with E-state index in [0.717, 1.165) is 0 Å². The Hall–Kier alpha value is 0.170. The molecule has 1 aromatic rings. The van der Waals surface area contributed by atoms with Crippen molar-refractivity contribution in [2.45, 2.75) is 58.5 Å². The Bertz CT molecular complexity index is 515. The van der Waals surface area contributed by atoms with Crippen molar-refractivity contribution in [3.8, 4) is 5.75 Å². The molecule has 0 aliphatic rings. The summed E-state index contributed by atoms with van der Waals surface area (Å²) in [7, 11) is -4.13. The van der Waals surface area contributed by atoms with Crippen molar-refractivity contribution < 1.29 is 19.5 Å². The molecule has 0 fully saturated rings. The molecule has 1 rings (SSSR count). The molecule has 0 unspecified atom stereocenters. The second-order valence-corrected chi connectivity index (χ2v) is 9.01. The van der Waals surface area contributed by atoms with Crippen LogP contribution in [-0.4, -0.2) is 44.5 Å². The summed E-state index contributed by atoms with van der Waals surface area (Å²) < 4.78 is 11.2. The van der Waals surface area contributed by atoms with E-state index < -0.39 is 7.60 Å². The third-order valence-corrected chi connectivity index (χ3v) is 3.95. The van der Waals surface area contributed by atoms with Crippen molar-refractivity contribution in [2.24, 2.45) is 0 Å². The molecule has 0 aliphatic carbocycles. The van der Waals surface area contributed by atoms with Crippen LogP contribution in [0.1, 0.15) is 58.2 Å². The average Bonchev–Trinajstić information content (AvgIpc) is 2.14. The van der Waals surface area contributed by atoms with E-state index in [-0.39, 0.29) is 52.3 Å². The molecule has 4 nitrogen and oxygen atoms in total. The Morgan fingerprint density at radius 2 is 1.29 bits per heavy atom. The van der Waals surface area contributed by atoms with Gasteiger partial charge in [-0.2, -0.15) is 0 Å². The van der Waals surface area contributed by atoms with Crippen LogP contribution in [0.4, 0.5) is 0 Å². The molecule has 0 saturated carbocycles. The molecular weight excluding hydrogens is 298 g/mol. The zero-order valence-electron chi connectivity index (χ0n) is 13.1. The van der Waals surface area contributed by atoms with Crippen LogP contribution >= 0.6 is 7.60 Å². The van der Waals surface area contributed by atoms with Crippen molar-refractivity contribution in [2.75, 3.05) is 0 Å². The zero-order valence-corrected chi connectivity index (χ0v) is 14.0. The Kier molecular flexibility index (Phi) is 6.79. The van der Waals surface area contributed by atoms with E-state index in [1.807, 2.05) is 41.5 Å². The van der Waals surface area contributed by atoms with Gasteiger partial charge in [-0.1, -0.05) is 53.7 Å². The normalized spacial score (nSPS) is 13.0. The molecule has 1 aromatic carbocycles. The molecule has 0 atom stereocenters. The Morgan fingerprint density at radius 1 is 0.952 bits per heavy atom. The number of phenolic OH excluding ortho intramolecular Hbond substituents is 1. The number of phenols is 1. The fourth-order valence-corrected chi connectivity index (χ4v) is 2.83. The predicted molar refractivity (Wildman–Crippen MR) is 88.4 cm³/mol. The second kappa shape index (κ2) is 6.74. The van der Waals surface area contributed by atoms with Gasteiger partial charge in [0.15, 0.2) is 0 Å². The fourth-order valence-electron chi connectivity index (χ4n) is 2.17. The second-order valence-electron chi connectivity index (χ2n) is 7.36. The van der Waals surface area contributed by atoms with Crippen molar-refractivity contribution in [1.29, 1.82) is 0 Å². The van der Waals surface area contributed by atoms with E-state index >= 15 is 0 Å². The van der Waals surface area contributed by atoms with Crippen LogP contribution in [0.2, 0.25) is 0 Å². The maximum absolute atomic E-state index is 11.2. The molecule has 116 valence electrons. The average molecular weight is 324 g/mol. The van der Waals surface area contributed by atoms with E-state index in [1.165, 1.54) is 0 Å². The monoisotopic (exact) mass is 324 g/mol. The molecular formula is C15H26NaO4P. The standard InChI is InChI=1S/C15H25O4P.Na.H/c1-14(2,3)11-7-10(9-20(17,18)19)8-12(13(11)16)15(4,5)6;;/h7-8,16H,9H2,1-6H3,(H2,17,18,19);;. The van der Waals surface area contributed by atoms with E-state index in [1.54, 1.807) is 12.1 Å². The summed E-state index contributed by atoms with van der Waals surface area (Å²) >= 11 is 0. The summed E-state index contributed by atoms with van der Waals surface area (Å²) in [6, 6.07) is 3.40. The molecule has 0 radical (unpaired) electrons. The van der Waals surface area contributed by atoms with Crippen LogP contribution in [0.3, 0.4) is 0 Å². The number of benzene rings is 1. The SMILES string of the molecule is CC(C)(C)c1cc(CP(=O)(O)O)cc(C(C)(C)C)c1O.[NaH]. The van der Waals surface area contributed by atoms with Gasteiger partial charge in [-0.3, -0.25) is 4.57 Å². The quantitative estimate of drug-likeness (QED) is 0.577. The molecule has 3 N–H and O–H groups in total. The van der Waals surface area contributed by atoms with Gasteiger partial charge in [0.2, 0.25) is 0 Å². The summed E-state index contributed by atoms with van der Waals surface area (Å²) in [6.07, 6.45) is -0.306. The first kappa shape index (κ1) is 21.2. The van der Waals surface area contributed by atoms with E-state index in [4.69, 9.17) is 0 Å². The first-order valence-corrected chi connectivity index (χ1v) is 8.43. The molecule has 0 aromatic heterocycles. The van der Waals surface area contributed by atoms with Gasteiger partial charge in [-0.15, -0.1) is 0 Å². The summed E-state index contributed by atoms with van der Waals surface area (Å²) in [5.41, 5.74) is 1.40. The predicted octanol–water partition coefficient (Wildman–Crippen LogP) is 3.02. The molecule has 0 bridgehead atoms. The summed E-state index contributed by atoms with van der Waals surface area (Å²) in [4.78, 5) is 18.4. The number of aromatic hydroxyl groups is 1. The van der Waals surface area contributed by atoms with Crippen LogP contribution in [0.15, 0.2) is 12.1 Å². The van der Waals surface area contributed by atoms with E-state index in [9.17, 15) is 19.5 Å². The zero-order chi connectivity index (χ0) is 15.9. The van der Waals surface area contributed by atoms with Crippen molar-refractivity contribution in [3.63, 3.8) is 0 Å². The Balaban J connectivity index is 0.00000400. The minimum atomic E-state index is -4.13. The Labute approximate surface area is 149 Å². The van der Waals surface area contributed by atoms with Crippen molar-refractivity contribution in [3.05, 3.63) is 28.8 Å². The van der Waals surface area contributed by atoms with Gasteiger partial charge in [0.05, 0.1) is 6.16 Å². The van der Waals surface area contributed by atoms with Gasteiger partial charge in [-0.25, -0.2) is 0 Å². The number of rotatable bonds is 2. The fraction of sp³-hybridized carbons (Fsp3) is 0.600. The summed E-state index contributed by atoms with van der Waals surface area (Å²) in [6.45, 7) is 11.8. The van der Waals surface area contributed by atoms with Gasteiger partial charge in [0, 0.05) is 0 Å². The first-order valence-electron chi connectivity index (χ1n) is 6.63. The molecule has 0 amide bonds. The van der Waals surface area contributed by atoms with Gasteiger partial charge < -0.3 is 14.9 Å². The molecule has 6 heteroatoms. The van der Waals surface area contributed by atoms with Gasteiger partial charge >= 0.3 is 37.2 Å². The topological polar surface area (TPSA) is 77.8 Å². The summed E-state index contributed by atoms with van der Waals surface area (Å²) in [5.74, 6) is 0.222. The van der Waals surface area contributed by atoms with Crippen LogP contribution < -0.4 is 0 Å². The van der Waals surface area contributed by atoms with E-state index in [2.05, 4.69) is 0 Å². The molecule has 0 spiro atoms. The van der Waals surface area contributed by atoms with Gasteiger partial charge in [-0.05, 0) is 27.5 Å². The van der Waals surface area contributed by atoms with Gasteiger partial charge in [0.25, 0.3) is 0 Å².